The van der Waals surface area contributed by atoms with Crippen LogP contribution in [0.4, 0.5) is 5.69 Å². The lowest BCUT2D eigenvalue weighted by atomic mass is 10.1. The van der Waals surface area contributed by atoms with E-state index >= 15 is 0 Å². The molecule has 3 heterocycles. The third-order valence-corrected chi connectivity index (χ3v) is 5.98. The van der Waals surface area contributed by atoms with Crippen molar-refractivity contribution in [1.82, 2.24) is 19.9 Å². The van der Waals surface area contributed by atoms with E-state index in [1.807, 2.05) is 47.2 Å². The average Bonchev–Trinajstić information content (AvgIpc) is 3.21. The van der Waals surface area contributed by atoms with Crippen molar-refractivity contribution in [3.63, 3.8) is 0 Å². The zero-order valence-electron chi connectivity index (χ0n) is 17.0. The first-order valence-electron chi connectivity index (χ1n) is 10.2. The fourth-order valence-electron chi connectivity index (χ4n) is 3.71. The highest BCUT2D eigenvalue weighted by Gasteiger charge is 2.22. The molecule has 3 aromatic rings. The normalized spacial score (nSPS) is 15.4. The molecule has 1 unspecified atom stereocenters. The van der Waals surface area contributed by atoms with E-state index in [0.717, 1.165) is 48.7 Å². The Hall–Kier alpha value is -2.87. The summed E-state index contributed by atoms with van der Waals surface area (Å²) in [6, 6.07) is 12.7. The van der Waals surface area contributed by atoms with E-state index in [1.165, 1.54) is 0 Å². The molecule has 1 fully saturated rings. The van der Waals surface area contributed by atoms with Gasteiger partial charge >= 0.3 is 0 Å². The summed E-state index contributed by atoms with van der Waals surface area (Å²) in [5.74, 6) is 1.60. The van der Waals surface area contributed by atoms with Crippen molar-refractivity contribution >= 4 is 34.9 Å². The van der Waals surface area contributed by atoms with Gasteiger partial charge in [0, 0.05) is 30.4 Å². The first kappa shape index (κ1) is 20.4. The molecule has 1 aliphatic rings. The zero-order valence-corrected chi connectivity index (χ0v) is 17.8. The Labute approximate surface area is 179 Å². The SMILES string of the molecule is CSCCC(NC(=O)c1ccc(N2CCCCC2=O)cc1)c1nnc2ccccn12. The van der Waals surface area contributed by atoms with Crippen LogP contribution < -0.4 is 10.2 Å². The number of thioether (sulfide) groups is 1. The van der Waals surface area contributed by atoms with Crippen LogP contribution in [0.3, 0.4) is 0 Å². The Balaban J connectivity index is 1.51. The average molecular weight is 424 g/mol. The predicted molar refractivity (Wildman–Crippen MR) is 119 cm³/mol. The number of nitrogens with zero attached hydrogens (tertiary/aromatic N) is 4. The topological polar surface area (TPSA) is 79.6 Å². The van der Waals surface area contributed by atoms with Gasteiger partial charge in [0.15, 0.2) is 11.5 Å². The third-order valence-electron chi connectivity index (χ3n) is 5.33. The summed E-state index contributed by atoms with van der Waals surface area (Å²) >= 11 is 1.73. The minimum atomic E-state index is -0.245. The summed E-state index contributed by atoms with van der Waals surface area (Å²) in [6.45, 7) is 0.737. The Morgan fingerprint density at radius 3 is 2.77 bits per heavy atom. The molecule has 7 nitrogen and oxygen atoms in total. The molecule has 1 aromatic carbocycles. The first-order valence-corrected chi connectivity index (χ1v) is 11.6. The minimum absolute atomic E-state index is 0.147. The van der Waals surface area contributed by atoms with Gasteiger partial charge in [0.1, 0.15) is 0 Å². The second-order valence-electron chi connectivity index (χ2n) is 7.34. The number of fused-ring (bicyclic) bond motifs is 1. The lowest BCUT2D eigenvalue weighted by Gasteiger charge is -2.26. The molecule has 0 bridgehead atoms. The van der Waals surface area contributed by atoms with E-state index in [9.17, 15) is 9.59 Å². The standard InChI is InChI=1S/C22H25N5O2S/c1-30-15-12-18(21-25-24-19-6-2-4-14-27(19)21)23-22(29)16-8-10-17(11-9-16)26-13-5-3-7-20(26)28/h2,4,6,8-11,14,18H,3,5,7,12-13,15H2,1H3,(H,23,29). The van der Waals surface area contributed by atoms with Crippen LogP contribution in [-0.4, -0.2) is 45.0 Å². The Kier molecular flexibility index (Phi) is 6.32. The van der Waals surface area contributed by atoms with Crippen LogP contribution >= 0.6 is 11.8 Å². The summed E-state index contributed by atoms with van der Waals surface area (Å²) in [4.78, 5) is 26.9. The molecule has 0 radical (unpaired) electrons. The molecule has 2 amide bonds. The first-order chi connectivity index (χ1) is 14.7. The number of anilines is 1. The minimum Gasteiger partial charge on any atom is -0.342 e. The Bertz CT molecular complexity index is 1030. The molecule has 156 valence electrons. The van der Waals surface area contributed by atoms with Gasteiger partial charge < -0.3 is 10.2 Å². The number of carbonyl (C=O) groups is 2. The molecule has 0 aliphatic carbocycles. The molecule has 2 aromatic heterocycles. The van der Waals surface area contributed by atoms with Crippen molar-refractivity contribution in [2.45, 2.75) is 31.7 Å². The van der Waals surface area contributed by atoms with Gasteiger partial charge in [0.25, 0.3) is 5.91 Å². The number of pyridine rings is 1. The fourth-order valence-corrected chi connectivity index (χ4v) is 4.18. The largest absolute Gasteiger partial charge is 0.342 e. The number of nitrogens with one attached hydrogen (secondary N) is 1. The summed E-state index contributed by atoms with van der Waals surface area (Å²) in [5, 5.41) is 11.7. The van der Waals surface area contributed by atoms with Crippen LogP contribution in [0.2, 0.25) is 0 Å². The molecular weight excluding hydrogens is 398 g/mol. The molecule has 30 heavy (non-hydrogen) atoms. The fraction of sp³-hybridized carbons (Fsp3) is 0.364. The monoisotopic (exact) mass is 423 g/mol. The van der Waals surface area contributed by atoms with Crippen molar-refractivity contribution in [3.8, 4) is 0 Å². The maximum Gasteiger partial charge on any atom is 0.251 e. The third kappa shape index (κ3) is 4.33. The molecule has 1 aliphatic heterocycles. The maximum absolute atomic E-state index is 12.9. The smallest absolute Gasteiger partial charge is 0.251 e. The lowest BCUT2D eigenvalue weighted by Crippen LogP contribution is -2.35. The zero-order chi connectivity index (χ0) is 20.9. The Morgan fingerprint density at radius 1 is 1.17 bits per heavy atom. The molecular formula is C22H25N5O2S. The van der Waals surface area contributed by atoms with Gasteiger partial charge in [-0.1, -0.05) is 6.07 Å². The number of hydrogen-bond donors (Lipinski definition) is 1. The van der Waals surface area contributed by atoms with Crippen LogP contribution in [-0.2, 0) is 4.79 Å². The van der Waals surface area contributed by atoms with E-state index in [-0.39, 0.29) is 17.9 Å². The van der Waals surface area contributed by atoms with Crippen LogP contribution in [0, 0.1) is 0 Å². The van der Waals surface area contributed by atoms with Gasteiger partial charge in [-0.05, 0) is 67.7 Å². The number of piperidine rings is 1. The van der Waals surface area contributed by atoms with Crippen molar-refractivity contribution in [2.75, 3.05) is 23.5 Å². The van der Waals surface area contributed by atoms with Gasteiger partial charge in [-0.15, -0.1) is 10.2 Å². The number of aromatic nitrogens is 3. The lowest BCUT2D eigenvalue weighted by molar-refractivity contribution is -0.119. The van der Waals surface area contributed by atoms with Crippen molar-refractivity contribution in [3.05, 3.63) is 60.0 Å². The van der Waals surface area contributed by atoms with Crippen LogP contribution in [0.15, 0.2) is 48.7 Å². The van der Waals surface area contributed by atoms with E-state index in [0.29, 0.717) is 12.0 Å². The second kappa shape index (κ2) is 9.30. The molecule has 0 spiro atoms. The van der Waals surface area contributed by atoms with Crippen molar-refractivity contribution in [2.24, 2.45) is 0 Å². The molecule has 0 saturated carbocycles. The van der Waals surface area contributed by atoms with Gasteiger partial charge in [0.05, 0.1) is 6.04 Å². The van der Waals surface area contributed by atoms with Crippen molar-refractivity contribution in [1.29, 1.82) is 0 Å². The number of carbonyl (C=O) groups excluding carboxylic acids is 2. The van der Waals surface area contributed by atoms with E-state index in [2.05, 4.69) is 15.5 Å². The van der Waals surface area contributed by atoms with Gasteiger partial charge in [-0.3, -0.25) is 14.0 Å². The van der Waals surface area contributed by atoms with Crippen molar-refractivity contribution < 1.29 is 9.59 Å². The van der Waals surface area contributed by atoms with E-state index < -0.39 is 0 Å². The number of benzene rings is 1. The van der Waals surface area contributed by atoms with Crippen LogP contribution in [0.1, 0.15) is 47.9 Å². The molecule has 1 N–H and O–H groups in total. The highest BCUT2D eigenvalue weighted by Crippen LogP contribution is 2.22. The van der Waals surface area contributed by atoms with Crippen LogP contribution in [0.5, 0.6) is 0 Å². The molecule has 4 rings (SSSR count). The Morgan fingerprint density at radius 2 is 2.00 bits per heavy atom. The van der Waals surface area contributed by atoms with Gasteiger partial charge in [-0.25, -0.2) is 0 Å². The van der Waals surface area contributed by atoms with Gasteiger partial charge in [-0.2, -0.15) is 11.8 Å². The number of hydrogen-bond acceptors (Lipinski definition) is 5. The van der Waals surface area contributed by atoms with Gasteiger partial charge in [0.2, 0.25) is 5.91 Å². The quantitative estimate of drug-likeness (QED) is 0.629. The summed E-state index contributed by atoms with van der Waals surface area (Å²) in [6.07, 6.45) is 7.26. The maximum atomic E-state index is 12.9. The summed E-state index contributed by atoms with van der Waals surface area (Å²) in [7, 11) is 0. The molecule has 1 saturated heterocycles. The highest BCUT2D eigenvalue weighted by molar-refractivity contribution is 7.98. The predicted octanol–water partition coefficient (Wildman–Crippen LogP) is 3.47. The number of amides is 2. The summed E-state index contributed by atoms with van der Waals surface area (Å²) < 4.78 is 1.91. The molecule has 1 atom stereocenters. The summed E-state index contributed by atoms with van der Waals surface area (Å²) in [5.41, 5.74) is 2.16. The highest BCUT2D eigenvalue weighted by atomic mass is 32.2. The second-order valence-corrected chi connectivity index (χ2v) is 8.33. The van der Waals surface area contributed by atoms with Crippen LogP contribution in [0.25, 0.3) is 5.65 Å². The van der Waals surface area contributed by atoms with E-state index in [1.54, 1.807) is 28.8 Å². The molecule has 8 heteroatoms. The number of rotatable bonds is 7. The van der Waals surface area contributed by atoms with E-state index in [4.69, 9.17) is 0 Å².